The first-order valence-electron chi connectivity index (χ1n) is 4.74. The van der Waals surface area contributed by atoms with E-state index in [9.17, 15) is 15.0 Å². The number of hydrogen-bond donors (Lipinski definition) is 4. The third-order valence-corrected chi connectivity index (χ3v) is 2.43. The second-order valence-electron chi connectivity index (χ2n) is 3.70. The average molecular weight is 224 g/mol. The van der Waals surface area contributed by atoms with Crippen molar-refractivity contribution < 1.29 is 19.7 Å². The summed E-state index contributed by atoms with van der Waals surface area (Å²) in [5.41, 5.74) is 4.51. The van der Waals surface area contributed by atoms with Gasteiger partial charge in [0, 0.05) is 11.6 Å². The summed E-state index contributed by atoms with van der Waals surface area (Å²) in [5.74, 6) is -0.424. The smallest absolute Gasteiger partial charge is 0.260 e. The zero-order chi connectivity index (χ0) is 11.8. The molecule has 1 saturated heterocycles. The van der Waals surface area contributed by atoms with E-state index >= 15 is 0 Å². The van der Waals surface area contributed by atoms with E-state index in [0.717, 1.165) is 0 Å². The van der Waals surface area contributed by atoms with Gasteiger partial charge in [-0.3, -0.25) is 10.2 Å². The first kappa shape index (κ1) is 10.7. The van der Waals surface area contributed by atoms with E-state index in [0.29, 0.717) is 5.56 Å². The molecule has 1 amide bonds. The fourth-order valence-corrected chi connectivity index (χ4v) is 1.54. The lowest BCUT2D eigenvalue weighted by molar-refractivity contribution is -0.155. The van der Waals surface area contributed by atoms with E-state index in [4.69, 9.17) is 4.74 Å². The molecule has 0 aliphatic carbocycles. The predicted molar refractivity (Wildman–Crippen MR) is 54.4 cm³/mol. The van der Waals surface area contributed by atoms with Crippen molar-refractivity contribution in [2.45, 2.75) is 12.6 Å². The molecule has 0 aromatic heterocycles. The van der Waals surface area contributed by atoms with Gasteiger partial charge in [0.05, 0.1) is 0 Å². The minimum atomic E-state index is -1.01. The molecule has 6 nitrogen and oxygen atoms in total. The van der Waals surface area contributed by atoms with Crippen LogP contribution in [0.5, 0.6) is 11.5 Å². The van der Waals surface area contributed by atoms with E-state index < -0.39 is 5.72 Å². The first-order chi connectivity index (χ1) is 7.51. The van der Waals surface area contributed by atoms with Crippen LogP contribution in [-0.4, -0.2) is 22.7 Å². The van der Waals surface area contributed by atoms with Gasteiger partial charge in [-0.2, -0.15) is 5.43 Å². The van der Waals surface area contributed by atoms with Crippen molar-refractivity contribution in [2.24, 2.45) is 0 Å². The van der Waals surface area contributed by atoms with E-state index in [1.165, 1.54) is 18.2 Å². The van der Waals surface area contributed by atoms with Crippen molar-refractivity contribution >= 4 is 5.91 Å². The molecule has 1 atom stereocenters. The Hall–Kier alpha value is -1.79. The maximum absolute atomic E-state index is 10.9. The number of carbonyl (C=O) groups is 1. The minimum Gasteiger partial charge on any atom is -0.508 e. The lowest BCUT2D eigenvalue weighted by atomic mass is 10.0. The maximum Gasteiger partial charge on any atom is 0.260 e. The third-order valence-electron chi connectivity index (χ3n) is 2.43. The van der Waals surface area contributed by atoms with Crippen molar-refractivity contribution in [2.75, 3.05) is 6.61 Å². The van der Waals surface area contributed by atoms with Crippen LogP contribution in [0.2, 0.25) is 0 Å². The van der Waals surface area contributed by atoms with Crippen LogP contribution in [0.3, 0.4) is 0 Å². The number of phenols is 2. The summed E-state index contributed by atoms with van der Waals surface area (Å²) in [6, 6.07) is 4.17. The maximum atomic E-state index is 10.9. The molecule has 16 heavy (non-hydrogen) atoms. The SMILES string of the molecule is CC1(c2ccc(O)cc2O)NNC(=O)CO1. The Bertz CT molecular complexity index is 423. The zero-order valence-corrected chi connectivity index (χ0v) is 8.65. The molecule has 0 saturated carbocycles. The number of phenolic OH excluding ortho intramolecular Hbond substituents is 2. The average Bonchev–Trinajstić information content (AvgIpc) is 2.22. The number of nitrogens with one attached hydrogen (secondary N) is 2. The predicted octanol–water partition coefficient (Wildman–Crippen LogP) is -0.0785. The standard InChI is InChI=1S/C10H12N2O4/c1-10(12-11-9(15)5-16-10)7-3-2-6(13)4-8(7)14/h2-4,12-14H,5H2,1H3,(H,11,15). The highest BCUT2D eigenvalue weighted by Crippen LogP contribution is 2.33. The first-order valence-corrected chi connectivity index (χ1v) is 4.74. The van der Waals surface area contributed by atoms with Crippen LogP contribution >= 0.6 is 0 Å². The monoisotopic (exact) mass is 224 g/mol. The van der Waals surface area contributed by atoms with Gasteiger partial charge in [0.25, 0.3) is 5.91 Å². The molecule has 1 aromatic carbocycles. The van der Waals surface area contributed by atoms with Gasteiger partial charge in [0.1, 0.15) is 18.1 Å². The number of carbonyl (C=O) groups excluding carboxylic acids is 1. The molecule has 1 fully saturated rings. The highest BCUT2D eigenvalue weighted by molar-refractivity contribution is 5.77. The largest absolute Gasteiger partial charge is 0.508 e. The fraction of sp³-hybridized carbons (Fsp3) is 0.300. The molecule has 4 N–H and O–H groups in total. The molecule has 1 heterocycles. The second-order valence-corrected chi connectivity index (χ2v) is 3.70. The summed E-state index contributed by atoms with van der Waals surface area (Å²) >= 11 is 0. The summed E-state index contributed by atoms with van der Waals surface area (Å²) in [6.45, 7) is 1.57. The van der Waals surface area contributed by atoms with Crippen LogP contribution in [0.25, 0.3) is 0 Å². The molecule has 1 unspecified atom stereocenters. The summed E-state index contributed by atoms with van der Waals surface area (Å²) in [5, 5.41) is 18.9. The number of hydrazine groups is 1. The molecule has 0 radical (unpaired) electrons. The molecule has 2 rings (SSSR count). The lowest BCUT2D eigenvalue weighted by Crippen LogP contribution is -2.58. The van der Waals surface area contributed by atoms with Gasteiger partial charge in [0.2, 0.25) is 0 Å². The topological polar surface area (TPSA) is 90.8 Å². The number of ether oxygens (including phenoxy) is 1. The Kier molecular flexibility index (Phi) is 2.45. The molecular weight excluding hydrogens is 212 g/mol. The molecule has 1 aromatic rings. The summed E-state index contributed by atoms with van der Waals surface area (Å²) in [6.07, 6.45) is 0. The Balaban J connectivity index is 2.32. The van der Waals surface area contributed by atoms with E-state index in [1.54, 1.807) is 6.92 Å². The van der Waals surface area contributed by atoms with Crippen LogP contribution in [0, 0.1) is 0 Å². The Morgan fingerprint density at radius 1 is 1.44 bits per heavy atom. The van der Waals surface area contributed by atoms with Crippen molar-refractivity contribution in [1.29, 1.82) is 0 Å². The fourth-order valence-electron chi connectivity index (χ4n) is 1.54. The van der Waals surface area contributed by atoms with Crippen LogP contribution in [0.4, 0.5) is 0 Å². The van der Waals surface area contributed by atoms with Gasteiger partial charge < -0.3 is 14.9 Å². The number of rotatable bonds is 1. The van der Waals surface area contributed by atoms with Gasteiger partial charge >= 0.3 is 0 Å². The van der Waals surface area contributed by atoms with E-state index in [2.05, 4.69) is 10.9 Å². The van der Waals surface area contributed by atoms with Crippen LogP contribution in [-0.2, 0) is 15.3 Å². The molecule has 1 aliphatic rings. The van der Waals surface area contributed by atoms with Gasteiger partial charge in [-0.25, -0.2) is 0 Å². The van der Waals surface area contributed by atoms with Gasteiger partial charge in [-0.05, 0) is 19.1 Å². The molecule has 86 valence electrons. The van der Waals surface area contributed by atoms with Gasteiger partial charge in [-0.15, -0.1) is 0 Å². The second kappa shape index (κ2) is 3.66. The number of aromatic hydroxyl groups is 2. The Morgan fingerprint density at radius 3 is 2.75 bits per heavy atom. The van der Waals surface area contributed by atoms with Gasteiger partial charge in [-0.1, -0.05) is 0 Å². The molecule has 0 spiro atoms. The lowest BCUT2D eigenvalue weighted by Gasteiger charge is -2.35. The van der Waals surface area contributed by atoms with E-state index in [-0.39, 0.29) is 24.0 Å². The molecule has 0 bridgehead atoms. The Labute approximate surface area is 91.8 Å². The van der Waals surface area contributed by atoms with Crippen LogP contribution < -0.4 is 10.9 Å². The highest BCUT2D eigenvalue weighted by Gasteiger charge is 2.34. The summed E-state index contributed by atoms with van der Waals surface area (Å²) in [4.78, 5) is 10.9. The van der Waals surface area contributed by atoms with Crippen molar-refractivity contribution in [3.63, 3.8) is 0 Å². The minimum absolute atomic E-state index is 0.0373. The molecular formula is C10H12N2O4. The summed E-state index contributed by atoms with van der Waals surface area (Å²) in [7, 11) is 0. The Morgan fingerprint density at radius 2 is 2.19 bits per heavy atom. The van der Waals surface area contributed by atoms with Gasteiger partial charge in [0.15, 0.2) is 5.72 Å². The van der Waals surface area contributed by atoms with Crippen molar-refractivity contribution in [3.05, 3.63) is 23.8 Å². The van der Waals surface area contributed by atoms with Crippen molar-refractivity contribution in [1.82, 2.24) is 10.9 Å². The number of amides is 1. The quantitative estimate of drug-likeness (QED) is 0.535. The zero-order valence-electron chi connectivity index (χ0n) is 8.65. The van der Waals surface area contributed by atoms with E-state index in [1.807, 2.05) is 0 Å². The highest BCUT2D eigenvalue weighted by atomic mass is 16.5. The van der Waals surface area contributed by atoms with Crippen LogP contribution in [0.1, 0.15) is 12.5 Å². The number of benzene rings is 1. The molecule has 1 aliphatic heterocycles. The number of hydrogen-bond acceptors (Lipinski definition) is 5. The third kappa shape index (κ3) is 1.80. The molecule has 6 heteroatoms. The normalized spacial score (nSPS) is 25.2. The van der Waals surface area contributed by atoms with Crippen molar-refractivity contribution in [3.8, 4) is 11.5 Å². The van der Waals surface area contributed by atoms with Crippen LogP contribution in [0.15, 0.2) is 18.2 Å². The summed E-state index contributed by atoms with van der Waals surface area (Å²) < 4.78 is 5.32.